The first-order chi connectivity index (χ1) is 22.1. The number of nitrogens with one attached hydrogen (secondary N) is 2. The van der Waals surface area contributed by atoms with Crippen LogP contribution in [0, 0.1) is 5.92 Å². The molecule has 5 rings (SSSR count). The molecule has 11 nitrogen and oxygen atoms in total. The maximum Gasteiger partial charge on any atom is 0.435 e. The molecule has 2 saturated heterocycles. The number of carbonyl (C=O) groups excluding carboxylic acids is 3. The van der Waals surface area contributed by atoms with Crippen molar-refractivity contribution in [2.45, 2.75) is 38.2 Å². The molecule has 2 N–H and O–H groups in total. The zero-order chi connectivity index (χ0) is 34.1. The first-order valence-electron chi connectivity index (χ1n) is 14.8. The summed E-state index contributed by atoms with van der Waals surface area (Å²) < 4.78 is 80.7. The molecule has 0 bridgehead atoms. The predicted molar refractivity (Wildman–Crippen MR) is 158 cm³/mol. The first-order valence-corrected chi connectivity index (χ1v) is 15.1. The molecule has 47 heavy (non-hydrogen) atoms. The number of hydrogen-bond donors (Lipinski definition) is 2. The van der Waals surface area contributed by atoms with Crippen LogP contribution in [0.4, 0.5) is 32.0 Å². The van der Waals surface area contributed by atoms with Gasteiger partial charge in [0.05, 0.1) is 34.5 Å². The largest absolute Gasteiger partial charge is 0.435 e. The summed E-state index contributed by atoms with van der Waals surface area (Å²) in [5.41, 5.74) is -1.80. The first kappa shape index (κ1) is 34.2. The maximum atomic E-state index is 13.7. The van der Waals surface area contributed by atoms with Crippen molar-refractivity contribution in [3.05, 3.63) is 52.7 Å². The van der Waals surface area contributed by atoms with Crippen LogP contribution in [0.3, 0.4) is 0 Å². The molecule has 0 spiro atoms. The fourth-order valence-electron chi connectivity index (χ4n) is 5.63. The van der Waals surface area contributed by atoms with Crippen LogP contribution in [0.15, 0.2) is 30.6 Å². The standard InChI is InChI=1S/C29H31ClF6N8O3/c1-41-22(20-16-44(9-6-28(31,32)33)40-23(20)29(34,35)36)15-38-24(41)25(45)39-18-2-3-19(21(30)14-18)27(47)43-12-10-42(11-13-43)26(46)17-4-7-37-8-5-17/h2-3,14-17,37H,4-13H2,1H3,(H,39,45). The fraction of sp³-hybridized carbons (Fsp3) is 0.483. The van der Waals surface area contributed by atoms with Gasteiger partial charge < -0.3 is 25.0 Å². The topological polar surface area (TPSA) is 117 Å². The van der Waals surface area contributed by atoms with Gasteiger partial charge in [-0.1, -0.05) is 11.6 Å². The number of amides is 3. The third-order valence-electron chi connectivity index (χ3n) is 8.15. The van der Waals surface area contributed by atoms with Gasteiger partial charge in [0.15, 0.2) is 11.5 Å². The van der Waals surface area contributed by atoms with Gasteiger partial charge in [-0.05, 0) is 44.1 Å². The van der Waals surface area contributed by atoms with Crippen LogP contribution < -0.4 is 10.6 Å². The van der Waals surface area contributed by atoms with Crippen LogP contribution in [0.1, 0.15) is 45.9 Å². The molecule has 0 saturated carbocycles. The van der Waals surface area contributed by atoms with Crippen molar-refractivity contribution >= 4 is 35.0 Å². The van der Waals surface area contributed by atoms with Gasteiger partial charge in [0.2, 0.25) is 5.91 Å². The molecule has 0 radical (unpaired) electrons. The van der Waals surface area contributed by atoms with E-state index in [1.54, 1.807) is 9.80 Å². The second-order valence-electron chi connectivity index (χ2n) is 11.3. The number of rotatable bonds is 7. The number of piperidine rings is 1. The zero-order valence-electron chi connectivity index (χ0n) is 25.1. The van der Waals surface area contributed by atoms with E-state index in [9.17, 15) is 40.7 Å². The van der Waals surface area contributed by atoms with Crippen molar-refractivity contribution in [3.8, 4) is 11.3 Å². The SMILES string of the molecule is Cn1c(-c2cn(CCC(F)(F)F)nc2C(F)(F)F)cnc1C(=O)Nc1ccc(C(=O)N2CCN(C(=O)C3CCNCC3)CC2)c(Cl)c1. The van der Waals surface area contributed by atoms with E-state index in [0.717, 1.165) is 42.9 Å². The summed E-state index contributed by atoms with van der Waals surface area (Å²) in [6.07, 6.45) is -7.57. The van der Waals surface area contributed by atoms with E-state index in [1.165, 1.54) is 25.2 Å². The van der Waals surface area contributed by atoms with Crippen LogP contribution in [0.25, 0.3) is 11.3 Å². The number of imidazole rings is 1. The lowest BCUT2D eigenvalue weighted by atomic mass is 9.96. The van der Waals surface area contributed by atoms with Crippen molar-refractivity contribution in [2.75, 3.05) is 44.6 Å². The van der Waals surface area contributed by atoms with Crippen LogP contribution in [0.2, 0.25) is 5.02 Å². The highest BCUT2D eigenvalue weighted by atomic mass is 35.5. The minimum absolute atomic E-state index is 0.0129. The van der Waals surface area contributed by atoms with Gasteiger partial charge in [-0.15, -0.1) is 0 Å². The highest BCUT2D eigenvalue weighted by Crippen LogP contribution is 2.36. The van der Waals surface area contributed by atoms with Crippen LogP contribution in [0.5, 0.6) is 0 Å². The molecule has 4 heterocycles. The summed E-state index contributed by atoms with van der Waals surface area (Å²) in [7, 11) is 1.28. The number of halogens is 7. The molecule has 254 valence electrons. The number of hydrogen-bond acceptors (Lipinski definition) is 6. The van der Waals surface area contributed by atoms with E-state index in [1.807, 2.05) is 0 Å². The molecule has 0 aliphatic carbocycles. The molecular formula is C29H31ClF6N8O3. The van der Waals surface area contributed by atoms with Gasteiger partial charge >= 0.3 is 12.4 Å². The van der Waals surface area contributed by atoms with E-state index in [0.29, 0.717) is 30.9 Å². The van der Waals surface area contributed by atoms with Crippen molar-refractivity contribution < 1.29 is 40.7 Å². The van der Waals surface area contributed by atoms with Gasteiger partial charge in [0.1, 0.15) is 0 Å². The van der Waals surface area contributed by atoms with Crippen LogP contribution in [-0.2, 0) is 24.6 Å². The Bertz CT molecular complexity index is 1640. The average Bonchev–Trinajstić information content (AvgIpc) is 3.63. The second-order valence-corrected chi connectivity index (χ2v) is 11.7. The summed E-state index contributed by atoms with van der Waals surface area (Å²) >= 11 is 6.41. The quantitative estimate of drug-likeness (QED) is 0.355. The third-order valence-corrected chi connectivity index (χ3v) is 8.46. The maximum absolute atomic E-state index is 13.7. The lowest BCUT2D eigenvalue weighted by molar-refractivity contribution is -0.142. The van der Waals surface area contributed by atoms with Gasteiger partial charge in [0, 0.05) is 57.6 Å². The average molecular weight is 689 g/mol. The van der Waals surface area contributed by atoms with Gasteiger partial charge in [-0.2, -0.15) is 31.4 Å². The van der Waals surface area contributed by atoms with Gasteiger partial charge in [0.25, 0.3) is 11.8 Å². The molecule has 0 unspecified atom stereocenters. The summed E-state index contributed by atoms with van der Waals surface area (Å²) in [5, 5.41) is 9.12. The molecule has 2 aliphatic heterocycles. The van der Waals surface area contributed by atoms with Crippen molar-refractivity contribution in [1.82, 2.24) is 34.4 Å². The summed E-state index contributed by atoms with van der Waals surface area (Å²) in [6, 6.07) is 4.21. The normalized spacial score (nSPS) is 16.4. The van der Waals surface area contributed by atoms with Crippen molar-refractivity contribution in [3.63, 3.8) is 0 Å². The predicted octanol–water partition coefficient (Wildman–Crippen LogP) is 4.44. The minimum atomic E-state index is -4.99. The van der Waals surface area contributed by atoms with Gasteiger partial charge in [-0.25, -0.2) is 4.98 Å². The number of piperazine rings is 1. The molecule has 2 fully saturated rings. The Morgan fingerprint density at radius 1 is 1.02 bits per heavy atom. The summed E-state index contributed by atoms with van der Waals surface area (Å²) in [5.74, 6) is -1.37. The number of aryl methyl sites for hydroxylation is 1. The minimum Gasteiger partial charge on any atom is -0.339 e. The molecule has 1 aromatic carbocycles. The molecule has 18 heteroatoms. The number of alkyl halides is 6. The highest BCUT2D eigenvalue weighted by molar-refractivity contribution is 6.34. The third kappa shape index (κ3) is 7.89. The number of nitrogens with zero attached hydrogens (tertiary/aromatic N) is 6. The lowest BCUT2D eigenvalue weighted by Gasteiger charge is -2.37. The van der Waals surface area contributed by atoms with Crippen LogP contribution in [-0.4, -0.2) is 92.3 Å². The zero-order valence-corrected chi connectivity index (χ0v) is 25.8. The van der Waals surface area contributed by atoms with E-state index < -0.39 is 42.5 Å². The Hall–Kier alpha value is -4.12. The van der Waals surface area contributed by atoms with E-state index in [4.69, 9.17) is 11.6 Å². The Balaban J connectivity index is 1.24. The van der Waals surface area contributed by atoms with E-state index in [-0.39, 0.29) is 45.5 Å². The molecule has 2 aliphatic rings. The molecule has 0 atom stereocenters. The van der Waals surface area contributed by atoms with E-state index >= 15 is 0 Å². The van der Waals surface area contributed by atoms with Gasteiger partial charge in [-0.3, -0.25) is 19.1 Å². The number of aromatic nitrogens is 4. The summed E-state index contributed by atoms with van der Waals surface area (Å²) in [4.78, 5) is 46.4. The van der Waals surface area contributed by atoms with E-state index in [2.05, 4.69) is 20.7 Å². The highest BCUT2D eigenvalue weighted by Gasteiger charge is 2.39. The Kier molecular flexibility index (Phi) is 9.86. The number of anilines is 1. The second kappa shape index (κ2) is 13.5. The molecular weight excluding hydrogens is 658 g/mol. The smallest absolute Gasteiger partial charge is 0.339 e. The molecule has 3 aromatic rings. The Labute approximate surface area is 269 Å². The Morgan fingerprint density at radius 2 is 1.68 bits per heavy atom. The lowest BCUT2D eigenvalue weighted by Crippen LogP contribution is -2.52. The van der Waals surface area contributed by atoms with Crippen molar-refractivity contribution in [2.24, 2.45) is 13.0 Å². The number of benzene rings is 1. The molecule has 2 aromatic heterocycles. The monoisotopic (exact) mass is 688 g/mol. The number of carbonyl (C=O) groups is 3. The van der Waals surface area contributed by atoms with Crippen molar-refractivity contribution in [1.29, 1.82) is 0 Å². The fourth-order valence-corrected chi connectivity index (χ4v) is 5.89. The Morgan fingerprint density at radius 3 is 2.30 bits per heavy atom. The summed E-state index contributed by atoms with van der Waals surface area (Å²) in [6.45, 7) is 2.27. The van der Waals surface area contributed by atoms with Crippen LogP contribution >= 0.6 is 11.6 Å². The molecule has 3 amide bonds.